The van der Waals surface area contributed by atoms with E-state index < -0.39 is 6.10 Å². The highest BCUT2D eigenvalue weighted by atomic mass is 16.5. The Morgan fingerprint density at radius 1 is 1.60 bits per heavy atom. The highest BCUT2D eigenvalue weighted by Gasteiger charge is 2.26. The molecule has 106 valence electrons. The van der Waals surface area contributed by atoms with Gasteiger partial charge in [-0.15, -0.1) is 0 Å². The number of hydrogen-bond acceptors (Lipinski definition) is 3. The summed E-state index contributed by atoms with van der Waals surface area (Å²) in [5.41, 5.74) is 1.57. The lowest BCUT2D eigenvalue weighted by Gasteiger charge is -2.26. The smallest absolute Gasteiger partial charge is 0.265 e. The molecule has 5 nitrogen and oxygen atoms in total. The summed E-state index contributed by atoms with van der Waals surface area (Å²) in [6.45, 7) is 7.19. The Morgan fingerprint density at radius 2 is 2.35 bits per heavy atom. The predicted molar refractivity (Wildman–Crippen MR) is 76.5 cm³/mol. The van der Waals surface area contributed by atoms with Crippen LogP contribution in [0.2, 0.25) is 0 Å². The van der Waals surface area contributed by atoms with Crippen LogP contribution in [0.5, 0.6) is 5.75 Å². The van der Waals surface area contributed by atoms with Crippen LogP contribution in [0.25, 0.3) is 0 Å². The van der Waals surface area contributed by atoms with Gasteiger partial charge in [0.15, 0.2) is 6.10 Å². The zero-order valence-corrected chi connectivity index (χ0v) is 11.6. The lowest BCUT2D eigenvalue weighted by atomic mass is 10.1. The van der Waals surface area contributed by atoms with Crippen LogP contribution in [0.3, 0.4) is 0 Å². The maximum Gasteiger partial charge on any atom is 0.265 e. The van der Waals surface area contributed by atoms with Crippen molar-refractivity contribution in [1.82, 2.24) is 5.32 Å². The fourth-order valence-electron chi connectivity index (χ4n) is 2.05. The van der Waals surface area contributed by atoms with Gasteiger partial charge in [-0.2, -0.15) is 0 Å². The van der Waals surface area contributed by atoms with Gasteiger partial charge in [-0.3, -0.25) is 9.59 Å². The molecular weight excluding hydrogens is 256 g/mol. The molecule has 2 amide bonds. The Bertz CT molecular complexity index is 554. The van der Waals surface area contributed by atoms with Gasteiger partial charge in [0.2, 0.25) is 5.91 Å². The molecular formula is C15H18N2O3. The molecule has 0 aliphatic carbocycles. The first-order chi connectivity index (χ1) is 9.55. The average Bonchev–Trinajstić information content (AvgIpc) is 2.45. The fourth-order valence-corrected chi connectivity index (χ4v) is 2.05. The summed E-state index contributed by atoms with van der Waals surface area (Å²) in [7, 11) is 0. The summed E-state index contributed by atoms with van der Waals surface area (Å²) in [4.78, 5) is 23.0. The van der Waals surface area contributed by atoms with Crippen molar-refractivity contribution in [2.75, 3.05) is 5.32 Å². The molecule has 0 fully saturated rings. The Hall–Kier alpha value is -2.30. The van der Waals surface area contributed by atoms with E-state index >= 15 is 0 Å². The quantitative estimate of drug-likeness (QED) is 0.827. The summed E-state index contributed by atoms with van der Waals surface area (Å²) in [5, 5.41) is 5.60. The van der Waals surface area contributed by atoms with Gasteiger partial charge in [-0.25, -0.2) is 0 Å². The number of rotatable bonds is 4. The summed E-state index contributed by atoms with van der Waals surface area (Å²) >= 11 is 0. The van der Waals surface area contributed by atoms with E-state index in [0.717, 1.165) is 5.56 Å². The van der Waals surface area contributed by atoms with Crippen molar-refractivity contribution in [1.29, 1.82) is 0 Å². The maximum atomic E-state index is 11.7. The van der Waals surface area contributed by atoms with Crippen LogP contribution in [0.4, 0.5) is 5.69 Å². The van der Waals surface area contributed by atoms with Gasteiger partial charge in [-0.1, -0.05) is 19.6 Å². The molecule has 0 spiro atoms. The molecule has 0 bridgehead atoms. The Kier molecular flexibility index (Phi) is 4.08. The van der Waals surface area contributed by atoms with Crippen molar-refractivity contribution in [2.24, 2.45) is 0 Å². The van der Waals surface area contributed by atoms with Crippen LogP contribution in [0, 0.1) is 0 Å². The largest absolute Gasteiger partial charge is 0.478 e. The minimum Gasteiger partial charge on any atom is -0.478 e. The molecule has 20 heavy (non-hydrogen) atoms. The van der Waals surface area contributed by atoms with E-state index in [0.29, 0.717) is 17.9 Å². The third kappa shape index (κ3) is 2.82. The standard InChI is InChI=1S/C15H18N2O3/c1-4-12-15(19)17-11-7-6-10(8-13(11)20-12)9(3)16-14(18)5-2/h5-9,12H,2,4H2,1,3H3,(H,16,18)(H,17,19). The van der Waals surface area contributed by atoms with Crippen molar-refractivity contribution in [2.45, 2.75) is 32.4 Å². The Labute approximate surface area is 118 Å². The van der Waals surface area contributed by atoms with E-state index in [1.165, 1.54) is 6.08 Å². The fraction of sp³-hybridized carbons (Fsp3) is 0.333. The highest BCUT2D eigenvalue weighted by molar-refractivity contribution is 5.97. The number of carbonyl (C=O) groups excluding carboxylic acids is 2. The zero-order valence-electron chi connectivity index (χ0n) is 11.6. The molecule has 0 saturated heterocycles. The van der Waals surface area contributed by atoms with Gasteiger partial charge >= 0.3 is 0 Å². The highest BCUT2D eigenvalue weighted by Crippen LogP contribution is 2.32. The molecule has 2 atom stereocenters. The second kappa shape index (κ2) is 5.77. The van der Waals surface area contributed by atoms with Crippen LogP contribution in [-0.4, -0.2) is 17.9 Å². The van der Waals surface area contributed by atoms with E-state index in [1.807, 2.05) is 26.0 Å². The summed E-state index contributed by atoms with van der Waals surface area (Å²) in [6, 6.07) is 5.31. The molecule has 5 heteroatoms. The minimum atomic E-state index is -0.462. The number of benzene rings is 1. The molecule has 0 aromatic heterocycles. The van der Waals surface area contributed by atoms with Crippen molar-refractivity contribution in [3.8, 4) is 5.75 Å². The van der Waals surface area contributed by atoms with Crippen LogP contribution in [0.1, 0.15) is 31.9 Å². The van der Waals surface area contributed by atoms with Crippen molar-refractivity contribution in [3.63, 3.8) is 0 Å². The number of hydrogen-bond donors (Lipinski definition) is 2. The number of amides is 2. The average molecular weight is 274 g/mol. The first-order valence-electron chi connectivity index (χ1n) is 6.59. The predicted octanol–water partition coefficient (Wildman–Crippen LogP) is 2.16. The molecule has 0 radical (unpaired) electrons. The molecule has 1 heterocycles. The molecule has 1 aromatic rings. The van der Waals surface area contributed by atoms with Gasteiger partial charge in [0.25, 0.3) is 5.91 Å². The second-order valence-electron chi connectivity index (χ2n) is 4.69. The van der Waals surface area contributed by atoms with Gasteiger partial charge < -0.3 is 15.4 Å². The van der Waals surface area contributed by atoms with Crippen LogP contribution in [0.15, 0.2) is 30.9 Å². The van der Waals surface area contributed by atoms with Gasteiger partial charge in [0, 0.05) is 0 Å². The summed E-state index contributed by atoms with van der Waals surface area (Å²) in [5.74, 6) is 0.283. The van der Waals surface area contributed by atoms with Gasteiger partial charge in [-0.05, 0) is 37.1 Å². The molecule has 2 unspecified atom stereocenters. The number of carbonyl (C=O) groups is 2. The third-order valence-corrected chi connectivity index (χ3v) is 3.24. The minimum absolute atomic E-state index is 0.124. The number of ether oxygens (including phenoxy) is 1. The number of fused-ring (bicyclic) bond motifs is 1. The monoisotopic (exact) mass is 274 g/mol. The Morgan fingerprint density at radius 3 is 3.00 bits per heavy atom. The first-order valence-corrected chi connectivity index (χ1v) is 6.59. The summed E-state index contributed by atoms with van der Waals surface area (Å²) < 4.78 is 5.67. The van der Waals surface area contributed by atoms with Crippen molar-refractivity contribution in [3.05, 3.63) is 36.4 Å². The molecule has 0 saturated carbocycles. The van der Waals surface area contributed by atoms with Crippen molar-refractivity contribution >= 4 is 17.5 Å². The maximum absolute atomic E-state index is 11.7. The van der Waals surface area contributed by atoms with Gasteiger partial charge in [0.05, 0.1) is 11.7 Å². The van der Waals surface area contributed by atoms with Crippen molar-refractivity contribution < 1.29 is 14.3 Å². The molecule has 2 N–H and O–H groups in total. The molecule has 2 rings (SSSR count). The van der Waals surface area contributed by atoms with E-state index in [2.05, 4.69) is 17.2 Å². The zero-order chi connectivity index (χ0) is 14.7. The molecule has 1 aromatic carbocycles. The van der Waals surface area contributed by atoms with E-state index in [9.17, 15) is 9.59 Å². The third-order valence-electron chi connectivity index (χ3n) is 3.24. The SMILES string of the molecule is C=CC(=O)NC(C)c1ccc2c(c1)OC(CC)C(=O)N2. The van der Waals surface area contributed by atoms with E-state index in [-0.39, 0.29) is 17.9 Å². The lowest BCUT2D eigenvalue weighted by Crippen LogP contribution is -2.36. The Balaban J connectivity index is 2.21. The molecule has 1 aliphatic rings. The van der Waals surface area contributed by atoms with Crippen LogP contribution < -0.4 is 15.4 Å². The molecule has 1 aliphatic heterocycles. The number of nitrogens with one attached hydrogen (secondary N) is 2. The van der Waals surface area contributed by atoms with E-state index in [1.54, 1.807) is 6.07 Å². The van der Waals surface area contributed by atoms with Crippen LogP contribution >= 0.6 is 0 Å². The topological polar surface area (TPSA) is 67.4 Å². The van der Waals surface area contributed by atoms with E-state index in [4.69, 9.17) is 4.74 Å². The van der Waals surface area contributed by atoms with Crippen LogP contribution in [-0.2, 0) is 9.59 Å². The summed E-state index contributed by atoms with van der Waals surface area (Å²) in [6.07, 6.45) is 1.38. The second-order valence-corrected chi connectivity index (χ2v) is 4.69. The number of anilines is 1. The first kappa shape index (κ1) is 14.1. The normalized spacial score (nSPS) is 18.3. The van der Waals surface area contributed by atoms with Gasteiger partial charge in [0.1, 0.15) is 5.75 Å². The lowest BCUT2D eigenvalue weighted by molar-refractivity contribution is -0.123.